The van der Waals surface area contributed by atoms with E-state index >= 15 is 0 Å². The number of carbonyl (C=O) groups excluding carboxylic acids is 1. The van der Waals surface area contributed by atoms with Crippen LogP contribution in [0.5, 0.6) is 0 Å². The quantitative estimate of drug-likeness (QED) is 0.720. The van der Waals surface area contributed by atoms with Gasteiger partial charge >= 0.3 is 0 Å². The lowest BCUT2D eigenvalue weighted by molar-refractivity contribution is -0.116. The fourth-order valence-electron chi connectivity index (χ4n) is 2.32. The van der Waals surface area contributed by atoms with Crippen molar-refractivity contribution in [2.24, 2.45) is 0 Å². The average Bonchev–Trinajstić information content (AvgIpc) is 3.09. The minimum Gasteiger partial charge on any atom is -0.339 e. The zero-order valence-electron chi connectivity index (χ0n) is 13.7. The van der Waals surface area contributed by atoms with Crippen molar-refractivity contribution in [1.82, 2.24) is 15.1 Å². The third-order valence-electron chi connectivity index (χ3n) is 3.72. The number of nitrogens with one attached hydrogen (secondary N) is 1. The summed E-state index contributed by atoms with van der Waals surface area (Å²) in [7, 11) is 0. The molecule has 0 aliphatic heterocycles. The molecule has 2 heterocycles. The van der Waals surface area contributed by atoms with Gasteiger partial charge in [-0.3, -0.25) is 9.78 Å². The molecule has 1 amide bonds. The summed E-state index contributed by atoms with van der Waals surface area (Å²) in [5.41, 5.74) is 2.39. The molecular formula is C18H17ClN4O2. The van der Waals surface area contributed by atoms with E-state index in [-0.39, 0.29) is 5.91 Å². The van der Waals surface area contributed by atoms with E-state index in [0.717, 1.165) is 16.8 Å². The van der Waals surface area contributed by atoms with Gasteiger partial charge in [0.05, 0.1) is 0 Å². The van der Waals surface area contributed by atoms with Gasteiger partial charge in [0.15, 0.2) is 0 Å². The standard InChI is InChI=1S/C18H17ClN4O2/c1-12-14(19)6-2-7-15(12)21-16(24)8-3-9-17-22-18(23-25-17)13-5-4-10-20-11-13/h2,4-7,10-11H,3,8-9H2,1H3,(H,21,24). The van der Waals surface area contributed by atoms with E-state index in [4.69, 9.17) is 16.1 Å². The number of pyridine rings is 1. The lowest BCUT2D eigenvalue weighted by Gasteiger charge is -2.09. The molecule has 3 rings (SSSR count). The zero-order chi connectivity index (χ0) is 17.6. The van der Waals surface area contributed by atoms with Crippen molar-refractivity contribution in [3.05, 3.63) is 59.2 Å². The molecule has 0 atom stereocenters. The lowest BCUT2D eigenvalue weighted by Crippen LogP contribution is -2.12. The van der Waals surface area contributed by atoms with Gasteiger partial charge in [0, 0.05) is 41.5 Å². The Balaban J connectivity index is 1.50. The van der Waals surface area contributed by atoms with Gasteiger partial charge in [0.1, 0.15) is 0 Å². The minimum absolute atomic E-state index is 0.0719. The Labute approximate surface area is 150 Å². The Morgan fingerprint density at radius 3 is 2.96 bits per heavy atom. The van der Waals surface area contributed by atoms with Crippen molar-refractivity contribution in [2.45, 2.75) is 26.2 Å². The number of amides is 1. The van der Waals surface area contributed by atoms with Crippen LogP contribution in [0, 0.1) is 6.92 Å². The Morgan fingerprint density at radius 2 is 2.16 bits per heavy atom. The fraction of sp³-hybridized carbons (Fsp3) is 0.222. The summed E-state index contributed by atoms with van der Waals surface area (Å²) in [6.07, 6.45) is 4.87. The SMILES string of the molecule is Cc1c(Cl)cccc1NC(=O)CCCc1nc(-c2cccnc2)no1. The number of benzene rings is 1. The molecule has 0 radical (unpaired) electrons. The highest BCUT2D eigenvalue weighted by Crippen LogP contribution is 2.23. The van der Waals surface area contributed by atoms with E-state index in [1.807, 2.05) is 31.2 Å². The van der Waals surface area contributed by atoms with E-state index in [9.17, 15) is 4.79 Å². The summed E-state index contributed by atoms with van der Waals surface area (Å²) in [6, 6.07) is 9.11. The molecule has 0 aliphatic rings. The van der Waals surface area contributed by atoms with Crippen LogP contribution in [0.15, 0.2) is 47.2 Å². The number of nitrogens with zero attached hydrogens (tertiary/aromatic N) is 3. The number of aryl methyl sites for hydroxylation is 1. The Bertz CT molecular complexity index is 865. The Hall–Kier alpha value is -2.73. The summed E-state index contributed by atoms with van der Waals surface area (Å²) in [4.78, 5) is 20.4. The predicted molar refractivity (Wildman–Crippen MR) is 95.3 cm³/mol. The smallest absolute Gasteiger partial charge is 0.226 e. The number of aromatic nitrogens is 3. The first-order valence-electron chi connectivity index (χ1n) is 7.91. The molecule has 128 valence electrons. The molecule has 0 saturated heterocycles. The second kappa shape index (κ2) is 7.90. The molecular weight excluding hydrogens is 340 g/mol. The maximum absolute atomic E-state index is 12.1. The van der Waals surface area contributed by atoms with Crippen molar-refractivity contribution in [2.75, 3.05) is 5.32 Å². The van der Waals surface area contributed by atoms with Crippen molar-refractivity contribution in [3.8, 4) is 11.4 Å². The lowest BCUT2D eigenvalue weighted by atomic mass is 10.2. The van der Waals surface area contributed by atoms with Crippen molar-refractivity contribution in [3.63, 3.8) is 0 Å². The van der Waals surface area contributed by atoms with Crippen LogP contribution < -0.4 is 5.32 Å². The van der Waals surface area contributed by atoms with Gasteiger partial charge in [0.25, 0.3) is 0 Å². The van der Waals surface area contributed by atoms with Gasteiger partial charge in [-0.2, -0.15) is 4.98 Å². The first-order valence-corrected chi connectivity index (χ1v) is 8.29. The molecule has 0 saturated carbocycles. The molecule has 0 spiro atoms. The second-order valence-corrected chi connectivity index (χ2v) is 5.97. The highest BCUT2D eigenvalue weighted by atomic mass is 35.5. The van der Waals surface area contributed by atoms with Gasteiger partial charge in [-0.1, -0.05) is 22.8 Å². The molecule has 0 fully saturated rings. The summed E-state index contributed by atoms with van der Waals surface area (Å²) in [6.45, 7) is 1.87. The van der Waals surface area contributed by atoms with Gasteiger partial charge in [0.2, 0.25) is 17.6 Å². The number of rotatable bonds is 6. The number of halogens is 1. The van der Waals surface area contributed by atoms with Crippen LogP contribution in [-0.4, -0.2) is 21.0 Å². The molecule has 2 aromatic heterocycles. The Morgan fingerprint density at radius 1 is 1.28 bits per heavy atom. The van der Waals surface area contributed by atoms with Crippen LogP contribution in [0.4, 0.5) is 5.69 Å². The van der Waals surface area contributed by atoms with Crippen LogP contribution >= 0.6 is 11.6 Å². The van der Waals surface area contributed by atoms with Crippen LogP contribution in [0.25, 0.3) is 11.4 Å². The molecule has 6 nitrogen and oxygen atoms in total. The number of hydrogen-bond donors (Lipinski definition) is 1. The minimum atomic E-state index is -0.0719. The van der Waals surface area contributed by atoms with Crippen LogP contribution in [0.1, 0.15) is 24.3 Å². The molecule has 25 heavy (non-hydrogen) atoms. The first-order chi connectivity index (χ1) is 12.1. The van der Waals surface area contributed by atoms with Crippen LogP contribution in [0.2, 0.25) is 5.02 Å². The normalized spacial score (nSPS) is 10.6. The summed E-state index contributed by atoms with van der Waals surface area (Å²) >= 11 is 6.05. The van der Waals surface area contributed by atoms with Crippen molar-refractivity contribution >= 4 is 23.2 Å². The predicted octanol–water partition coefficient (Wildman–Crippen LogP) is 4.05. The highest BCUT2D eigenvalue weighted by Gasteiger charge is 2.10. The third kappa shape index (κ3) is 4.42. The van der Waals surface area contributed by atoms with E-state index in [2.05, 4.69) is 20.4 Å². The van der Waals surface area contributed by atoms with E-state index in [0.29, 0.717) is 36.0 Å². The maximum Gasteiger partial charge on any atom is 0.226 e. The molecule has 0 bridgehead atoms. The fourth-order valence-corrected chi connectivity index (χ4v) is 2.50. The summed E-state index contributed by atoms with van der Waals surface area (Å²) < 4.78 is 5.22. The van der Waals surface area contributed by atoms with E-state index < -0.39 is 0 Å². The monoisotopic (exact) mass is 356 g/mol. The summed E-state index contributed by atoms with van der Waals surface area (Å²) in [5, 5.41) is 7.43. The Kier molecular flexibility index (Phi) is 5.40. The first kappa shape index (κ1) is 17.1. The van der Waals surface area contributed by atoms with E-state index in [1.54, 1.807) is 18.5 Å². The van der Waals surface area contributed by atoms with Crippen LogP contribution in [0.3, 0.4) is 0 Å². The topological polar surface area (TPSA) is 80.9 Å². The number of anilines is 1. The second-order valence-electron chi connectivity index (χ2n) is 5.57. The third-order valence-corrected chi connectivity index (χ3v) is 4.13. The van der Waals surface area contributed by atoms with Gasteiger partial charge in [-0.15, -0.1) is 0 Å². The van der Waals surface area contributed by atoms with Gasteiger partial charge in [-0.25, -0.2) is 0 Å². The maximum atomic E-state index is 12.1. The average molecular weight is 357 g/mol. The largest absolute Gasteiger partial charge is 0.339 e. The van der Waals surface area contributed by atoms with Gasteiger partial charge < -0.3 is 9.84 Å². The molecule has 1 aromatic carbocycles. The van der Waals surface area contributed by atoms with Crippen molar-refractivity contribution in [1.29, 1.82) is 0 Å². The van der Waals surface area contributed by atoms with Crippen molar-refractivity contribution < 1.29 is 9.32 Å². The zero-order valence-corrected chi connectivity index (χ0v) is 14.5. The molecule has 3 aromatic rings. The number of hydrogen-bond acceptors (Lipinski definition) is 5. The van der Waals surface area contributed by atoms with E-state index in [1.165, 1.54) is 0 Å². The highest BCUT2D eigenvalue weighted by molar-refractivity contribution is 6.31. The number of carbonyl (C=O) groups is 1. The molecule has 0 aliphatic carbocycles. The molecule has 7 heteroatoms. The molecule has 0 unspecified atom stereocenters. The summed E-state index contributed by atoms with van der Waals surface area (Å²) in [5.74, 6) is 0.935. The van der Waals surface area contributed by atoms with Crippen LogP contribution in [-0.2, 0) is 11.2 Å². The van der Waals surface area contributed by atoms with Gasteiger partial charge in [-0.05, 0) is 43.2 Å². The molecule has 1 N–H and O–H groups in total.